The highest BCUT2D eigenvalue weighted by Crippen LogP contribution is 2.30. The lowest BCUT2D eigenvalue weighted by Crippen LogP contribution is -2.11. The van der Waals surface area contributed by atoms with Crippen molar-refractivity contribution in [3.63, 3.8) is 0 Å². The van der Waals surface area contributed by atoms with Crippen LogP contribution in [0.1, 0.15) is 10.4 Å². The molecule has 0 bridgehead atoms. The Hall–Kier alpha value is -3.27. The molecule has 25 heavy (non-hydrogen) atoms. The minimum atomic E-state index is -0.526. The zero-order chi connectivity index (χ0) is 17.6. The number of rotatable bonds is 5. The number of benzene rings is 3. The van der Waals surface area contributed by atoms with Crippen molar-refractivity contribution in [2.24, 2.45) is 0 Å². The first-order valence-corrected chi connectivity index (χ1v) is 7.81. The summed E-state index contributed by atoms with van der Waals surface area (Å²) in [6.07, 6.45) is 0. The van der Waals surface area contributed by atoms with E-state index in [1.807, 2.05) is 42.5 Å². The second kappa shape index (κ2) is 7.53. The average Bonchev–Trinajstić information content (AvgIpc) is 2.68. The maximum absolute atomic E-state index is 12.5. The third kappa shape index (κ3) is 3.63. The van der Waals surface area contributed by atoms with E-state index in [0.717, 1.165) is 11.1 Å². The topological polar surface area (TPSA) is 44.8 Å². The number of methoxy groups -OCH3 is 2. The normalized spacial score (nSPS) is 10.2. The SMILES string of the molecule is COc1cccc(OC)c1C(=O)Oc1ccc(-c2ccccc2)cc1. The van der Waals surface area contributed by atoms with E-state index in [4.69, 9.17) is 14.2 Å². The van der Waals surface area contributed by atoms with Gasteiger partial charge < -0.3 is 14.2 Å². The van der Waals surface area contributed by atoms with Gasteiger partial charge in [0.05, 0.1) is 14.2 Å². The number of hydrogen-bond donors (Lipinski definition) is 0. The highest BCUT2D eigenvalue weighted by atomic mass is 16.5. The fraction of sp³-hybridized carbons (Fsp3) is 0.0952. The molecule has 0 aliphatic carbocycles. The minimum Gasteiger partial charge on any atom is -0.496 e. The van der Waals surface area contributed by atoms with E-state index in [1.165, 1.54) is 14.2 Å². The van der Waals surface area contributed by atoms with Gasteiger partial charge in [-0.25, -0.2) is 4.79 Å². The molecule has 0 N–H and O–H groups in total. The van der Waals surface area contributed by atoms with Gasteiger partial charge in [-0.3, -0.25) is 0 Å². The lowest BCUT2D eigenvalue weighted by atomic mass is 10.1. The van der Waals surface area contributed by atoms with Crippen LogP contribution in [0.5, 0.6) is 17.2 Å². The first-order chi connectivity index (χ1) is 12.2. The van der Waals surface area contributed by atoms with Gasteiger partial charge in [0.2, 0.25) is 0 Å². The Morgan fingerprint density at radius 1 is 0.680 bits per heavy atom. The fourth-order valence-corrected chi connectivity index (χ4v) is 2.56. The molecule has 4 nitrogen and oxygen atoms in total. The number of carbonyl (C=O) groups excluding carboxylic acids is 1. The summed E-state index contributed by atoms with van der Waals surface area (Å²) in [7, 11) is 3.00. The predicted octanol–water partition coefficient (Wildman–Crippen LogP) is 4.59. The molecule has 0 spiro atoms. The Bertz CT molecular complexity index is 833. The smallest absolute Gasteiger partial charge is 0.351 e. The Balaban J connectivity index is 1.82. The molecule has 3 aromatic rings. The van der Waals surface area contributed by atoms with E-state index < -0.39 is 5.97 Å². The van der Waals surface area contributed by atoms with Gasteiger partial charge in [-0.05, 0) is 35.4 Å². The number of esters is 1. The Kier molecular flexibility index (Phi) is 5.00. The van der Waals surface area contributed by atoms with Crippen LogP contribution < -0.4 is 14.2 Å². The quantitative estimate of drug-likeness (QED) is 0.506. The second-order valence-electron chi connectivity index (χ2n) is 5.32. The largest absolute Gasteiger partial charge is 0.496 e. The van der Waals surface area contributed by atoms with E-state index in [0.29, 0.717) is 17.2 Å². The van der Waals surface area contributed by atoms with E-state index in [9.17, 15) is 4.79 Å². The molecule has 0 radical (unpaired) electrons. The zero-order valence-electron chi connectivity index (χ0n) is 14.1. The fourth-order valence-electron chi connectivity index (χ4n) is 2.56. The molecule has 126 valence electrons. The molecular formula is C21H18O4. The van der Waals surface area contributed by atoms with Gasteiger partial charge in [0.15, 0.2) is 0 Å². The molecule has 0 unspecified atom stereocenters. The van der Waals surface area contributed by atoms with Crippen molar-refractivity contribution < 1.29 is 19.0 Å². The van der Waals surface area contributed by atoms with Crippen LogP contribution in [-0.2, 0) is 0 Å². The van der Waals surface area contributed by atoms with Crippen molar-refractivity contribution in [2.75, 3.05) is 14.2 Å². The molecule has 3 aromatic carbocycles. The molecule has 0 fully saturated rings. The maximum atomic E-state index is 12.5. The molecule has 0 heterocycles. The average molecular weight is 334 g/mol. The monoisotopic (exact) mass is 334 g/mol. The van der Waals surface area contributed by atoms with E-state index in [-0.39, 0.29) is 5.56 Å². The highest BCUT2D eigenvalue weighted by Gasteiger charge is 2.20. The van der Waals surface area contributed by atoms with Gasteiger partial charge in [-0.1, -0.05) is 48.5 Å². The summed E-state index contributed by atoms with van der Waals surface area (Å²) in [5, 5.41) is 0. The molecule has 0 aliphatic rings. The molecule has 0 aliphatic heterocycles. The van der Waals surface area contributed by atoms with Crippen LogP contribution in [0.15, 0.2) is 72.8 Å². The molecule has 0 saturated heterocycles. The first-order valence-electron chi connectivity index (χ1n) is 7.81. The van der Waals surface area contributed by atoms with Gasteiger partial charge in [0.1, 0.15) is 22.8 Å². The Labute approximate surface area is 146 Å². The van der Waals surface area contributed by atoms with Crippen LogP contribution in [0.25, 0.3) is 11.1 Å². The standard InChI is InChI=1S/C21H18O4/c1-23-18-9-6-10-19(24-2)20(18)21(22)25-17-13-11-16(12-14-17)15-7-4-3-5-8-15/h3-14H,1-2H3. The van der Waals surface area contributed by atoms with E-state index >= 15 is 0 Å². The molecule has 0 amide bonds. The molecule has 4 heteroatoms. The molecule has 0 saturated carbocycles. The molecule has 0 aromatic heterocycles. The van der Waals surface area contributed by atoms with Crippen LogP contribution in [0, 0.1) is 0 Å². The first kappa shape index (κ1) is 16.6. The van der Waals surface area contributed by atoms with Gasteiger partial charge in [-0.15, -0.1) is 0 Å². The van der Waals surface area contributed by atoms with Crippen molar-refractivity contribution in [3.05, 3.63) is 78.4 Å². The molecule has 0 atom stereocenters. The summed E-state index contributed by atoms with van der Waals surface area (Å²) >= 11 is 0. The summed E-state index contributed by atoms with van der Waals surface area (Å²) in [5.74, 6) is 0.745. The summed E-state index contributed by atoms with van der Waals surface area (Å²) in [5.41, 5.74) is 2.42. The number of hydrogen-bond acceptors (Lipinski definition) is 4. The predicted molar refractivity (Wildman–Crippen MR) is 96.4 cm³/mol. The van der Waals surface area contributed by atoms with Gasteiger partial charge >= 0.3 is 5.97 Å². The zero-order valence-corrected chi connectivity index (χ0v) is 14.1. The van der Waals surface area contributed by atoms with Crippen LogP contribution in [0.2, 0.25) is 0 Å². The third-order valence-electron chi connectivity index (χ3n) is 3.80. The number of carbonyl (C=O) groups is 1. The Morgan fingerprint density at radius 3 is 1.80 bits per heavy atom. The van der Waals surface area contributed by atoms with E-state index in [1.54, 1.807) is 30.3 Å². The maximum Gasteiger partial charge on any atom is 0.351 e. The minimum absolute atomic E-state index is 0.264. The van der Waals surface area contributed by atoms with Crippen molar-refractivity contribution in [3.8, 4) is 28.4 Å². The van der Waals surface area contributed by atoms with Crippen molar-refractivity contribution in [1.82, 2.24) is 0 Å². The summed E-state index contributed by atoms with van der Waals surface area (Å²) in [6, 6.07) is 22.5. The lowest BCUT2D eigenvalue weighted by Gasteiger charge is -2.12. The lowest BCUT2D eigenvalue weighted by molar-refractivity contribution is 0.0727. The Morgan fingerprint density at radius 2 is 1.24 bits per heavy atom. The summed E-state index contributed by atoms with van der Waals surface area (Å²) in [6.45, 7) is 0. The number of ether oxygens (including phenoxy) is 3. The molecule has 3 rings (SSSR count). The summed E-state index contributed by atoms with van der Waals surface area (Å²) in [4.78, 5) is 12.5. The molecular weight excluding hydrogens is 316 g/mol. The van der Waals surface area contributed by atoms with Crippen LogP contribution in [0.3, 0.4) is 0 Å². The van der Waals surface area contributed by atoms with Gasteiger partial charge in [0, 0.05) is 0 Å². The van der Waals surface area contributed by atoms with Crippen LogP contribution in [0.4, 0.5) is 0 Å². The van der Waals surface area contributed by atoms with Gasteiger partial charge in [-0.2, -0.15) is 0 Å². The van der Waals surface area contributed by atoms with Gasteiger partial charge in [0.25, 0.3) is 0 Å². The summed E-state index contributed by atoms with van der Waals surface area (Å²) < 4.78 is 16.0. The van der Waals surface area contributed by atoms with Crippen molar-refractivity contribution in [2.45, 2.75) is 0 Å². The second-order valence-corrected chi connectivity index (χ2v) is 5.32. The van der Waals surface area contributed by atoms with Crippen LogP contribution >= 0.6 is 0 Å². The van der Waals surface area contributed by atoms with E-state index in [2.05, 4.69) is 0 Å². The highest BCUT2D eigenvalue weighted by molar-refractivity contribution is 5.97. The van der Waals surface area contributed by atoms with Crippen LogP contribution in [-0.4, -0.2) is 20.2 Å². The van der Waals surface area contributed by atoms with Crippen molar-refractivity contribution in [1.29, 1.82) is 0 Å². The van der Waals surface area contributed by atoms with Crippen molar-refractivity contribution >= 4 is 5.97 Å². The third-order valence-corrected chi connectivity index (χ3v) is 3.80.